The molecular formula is C14H20F3NS. The molecule has 0 bridgehead atoms. The van der Waals surface area contributed by atoms with Crippen molar-refractivity contribution in [3.63, 3.8) is 0 Å². The van der Waals surface area contributed by atoms with Crippen LogP contribution in [0, 0.1) is 6.92 Å². The highest BCUT2D eigenvalue weighted by molar-refractivity contribution is 7.98. The van der Waals surface area contributed by atoms with Gasteiger partial charge >= 0.3 is 6.18 Å². The minimum atomic E-state index is -4.29. The molecule has 1 unspecified atom stereocenters. The number of halogens is 3. The maximum Gasteiger partial charge on any atom is 0.416 e. The molecule has 1 N–H and O–H groups in total. The van der Waals surface area contributed by atoms with Gasteiger partial charge in [0, 0.05) is 10.8 Å². The van der Waals surface area contributed by atoms with Gasteiger partial charge in [-0.25, -0.2) is 0 Å². The number of rotatable bonds is 3. The highest BCUT2D eigenvalue weighted by atomic mass is 32.2. The van der Waals surface area contributed by atoms with Gasteiger partial charge in [-0.2, -0.15) is 13.2 Å². The Bertz CT molecular complexity index is 435. The van der Waals surface area contributed by atoms with Crippen LogP contribution < -0.4 is 4.72 Å². The van der Waals surface area contributed by atoms with Gasteiger partial charge < -0.3 is 0 Å². The van der Waals surface area contributed by atoms with Gasteiger partial charge in [0.15, 0.2) is 0 Å². The summed E-state index contributed by atoms with van der Waals surface area (Å²) < 4.78 is 41.8. The fourth-order valence-corrected chi connectivity index (χ4v) is 2.42. The summed E-state index contributed by atoms with van der Waals surface area (Å²) in [5, 5.41) is 0. The minimum absolute atomic E-state index is 0.0177. The average molecular weight is 291 g/mol. The molecule has 0 saturated heterocycles. The van der Waals surface area contributed by atoms with Gasteiger partial charge in [0.2, 0.25) is 0 Å². The lowest BCUT2D eigenvalue weighted by Gasteiger charge is -2.24. The van der Waals surface area contributed by atoms with Crippen molar-refractivity contribution in [2.24, 2.45) is 0 Å². The van der Waals surface area contributed by atoms with Crippen LogP contribution in [0.2, 0.25) is 0 Å². The summed E-state index contributed by atoms with van der Waals surface area (Å²) in [4.78, 5) is 0. The standard InChI is InChI=1S/C14H20F3NS/c1-9-11(10(2)18-19-13(3,4)5)7-6-8-12(9)14(15,16)17/h6-8,10,18H,1-5H3. The monoisotopic (exact) mass is 291 g/mol. The van der Waals surface area contributed by atoms with E-state index in [0.29, 0.717) is 11.1 Å². The second-order valence-corrected chi connectivity index (χ2v) is 7.24. The Morgan fingerprint density at radius 3 is 2.21 bits per heavy atom. The molecular weight excluding hydrogens is 271 g/mol. The van der Waals surface area contributed by atoms with Crippen molar-refractivity contribution in [2.45, 2.75) is 51.6 Å². The molecule has 1 rings (SSSR count). The van der Waals surface area contributed by atoms with E-state index >= 15 is 0 Å². The third-order valence-corrected chi connectivity index (χ3v) is 3.77. The number of alkyl halides is 3. The first kappa shape index (κ1) is 16.4. The van der Waals surface area contributed by atoms with Crippen LogP contribution >= 0.6 is 11.9 Å². The first-order valence-electron chi connectivity index (χ1n) is 6.12. The lowest BCUT2D eigenvalue weighted by atomic mass is 9.98. The molecule has 1 aromatic carbocycles. The van der Waals surface area contributed by atoms with Gasteiger partial charge in [0.25, 0.3) is 0 Å². The molecule has 0 aliphatic rings. The maximum atomic E-state index is 12.8. The van der Waals surface area contributed by atoms with E-state index in [4.69, 9.17) is 0 Å². The molecule has 1 aromatic rings. The molecule has 0 amide bonds. The zero-order valence-corrected chi connectivity index (χ0v) is 12.7. The van der Waals surface area contributed by atoms with Crippen LogP contribution in [-0.2, 0) is 6.18 Å². The first-order valence-corrected chi connectivity index (χ1v) is 6.94. The summed E-state index contributed by atoms with van der Waals surface area (Å²) in [6.45, 7) is 9.56. The molecule has 0 fully saturated rings. The molecule has 1 nitrogen and oxygen atoms in total. The number of nitrogens with one attached hydrogen (secondary N) is 1. The summed E-state index contributed by atoms with van der Waals surface area (Å²) in [6.07, 6.45) is -4.29. The van der Waals surface area contributed by atoms with Crippen LogP contribution in [0.25, 0.3) is 0 Å². The Balaban J connectivity index is 2.96. The number of benzene rings is 1. The van der Waals surface area contributed by atoms with E-state index in [-0.39, 0.29) is 10.8 Å². The lowest BCUT2D eigenvalue weighted by molar-refractivity contribution is -0.138. The molecule has 0 saturated carbocycles. The molecule has 19 heavy (non-hydrogen) atoms. The molecule has 108 valence electrons. The second-order valence-electron chi connectivity index (χ2n) is 5.57. The molecule has 0 heterocycles. The summed E-state index contributed by atoms with van der Waals surface area (Å²) in [5.41, 5.74) is 0.426. The van der Waals surface area contributed by atoms with Crippen molar-refractivity contribution in [1.82, 2.24) is 4.72 Å². The maximum absolute atomic E-state index is 12.8. The fourth-order valence-electron chi connectivity index (χ4n) is 1.76. The third-order valence-electron chi connectivity index (χ3n) is 2.69. The molecule has 0 aromatic heterocycles. The van der Waals surface area contributed by atoms with E-state index in [1.165, 1.54) is 24.9 Å². The Morgan fingerprint density at radius 1 is 1.16 bits per heavy atom. The van der Waals surface area contributed by atoms with Gasteiger partial charge in [-0.3, -0.25) is 4.72 Å². The zero-order valence-electron chi connectivity index (χ0n) is 11.9. The molecule has 5 heteroatoms. The van der Waals surface area contributed by atoms with Crippen molar-refractivity contribution in [2.75, 3.05) is 0 Å². The highest BCUT2D eigenvalue weighted by Gasteiger charge is 2.33. The van der Waals surface area contributed by atoms with Crippen LogP contribution in [0.5, 0.6) is 0 Å². The van der Waals surface area contributed by atoms with E-state index in [9.17, 15) is 13.2 Å². The molecule has 0 radical (unpaired) electrons. The van der Waals surface area contributed by atoms with E-state index in [0.717, 1.165) is 6.07 Å². The summed E-state index contributed by atoms with van der Waals surface area (Å²) in [6, 6.07) is 4.20. The van der Waals surface area contributed by atoms with Crippen LogP contribution in [0.1, 0.15) is 50.4 Å². The number of hydrogen-bond acceptors (Lipinski definition) is 2. The molecule has 0 spiro atoms. The second kappa shape index (κ2) is 5.75. The van der Waals surface area contributed by atoms with E-state index in [2.05, 4.69) is 25.5 Å². The first-order chi connectivity index (χ1) is 8.52. The Labute approximate surface area is 117 Å². The molecule has 1 atom stereocenters. The van der Waals surface area contributed by atoms with Crippen LogP contribution in [0.3, 0.4) is 0 Å². The van der Waals surface area contributed by atoms with Crippen molar-refractivity contribution >= 4 is 11.9 Å². The van der Waals surface area contributed by atoms with Crippen LogP contribution in [0.4, 0.5) is 13.2 Å². The van der Waals surface area contributed by atoms with E-state index < -0.39 is 11.7 Å². The summed E-state index contributed by atoms with van der Waals surface area (Å²) in [7, 11) is 0. The van der Waals surface area contributed by atoms with Crippen molar-refractivity contribution in [3.8, 4) is 0 Å². The summed E-state index contributed by atoms with van der Waals surface area (Å²) >= 11 is 1.53. The Morgan fingerprint density at radius 2 is 1.74 bits per heavy atom. The zero-order chi connectivity index (χ0) is 14.8. The lowest BCUT2D eigenvalue weighted by Crippen LogP contribution is -2.21. The topological polar surface area (TPSA) is 12.0 Å². The van der Waals surface area contributed by atoms with Crippen LogP contribution in [-0.4, -0.2) is 4.75 Å². The number of hydrogen-bond donors (Lipinski definition) is 1. The molecule has 0 aliphatic heterocycles. The van der Waals surface area contributed by atoms with Crippen LogP contribution in [0.15, 0.2) is 18.2 Å². The summed E-state index contributed by atoms with van der Waals surface area (Å²) in [5.74, 6) is 0. The van der Waals surface area contributed by atoms with Gasteiger partial charge in [0.1, 0.15) is 0 Å². The third kappa shape index (κ3) is 4.73. The highest BCUT2D eigenvalue weighted by Crippen LogP contribution is 2.35. The largest absolute Gasteiger partial charge is 0.416 e. The SMILES string of the molecule is Cc1c(C(C)NSC(C)(C)C)cccc1C(F)(F)F. The Kier molecular flexibility index (Phi) is 4.96. The Hall–Kier alpha value is -0.680. The van der Waals surface area contributed by atoms with E-state index in [1.807, 2.05) is 6.92 Å². The van der Waals surface area contributed by atoms with Gasteiger partial charge in [-0.1, -0.05) is 24.1 Å². The predicted molar refractivity (Wildman–Crippen MR) is 75.1 cm³/mol. The van der Waals surface area contributed by atoms with Crippen molar-refractivity contribution in [3.05, 3.63) is 34.9 Å². The predicted octanol–water partition coefficient (Wildman–Crippen LogP) is 5.11. The van der Waals surface area contributed by atoms with Gasteiger partial charge in [-0.05, 0) is 51.8 Å². The normalized spacial score (nSPS) is 14.5. The van der Waals surface area contributed by atoms with Crippen molar-refractivity contribution in [1.29, 1.82) is 0 Å². The average Bonchev–Trinajstić information content (AvgIpc) is 2.23. The molecule has 0 aliphatic carbocycles. The van der Waals surface area contributed by atoms with Gasteiger partial charge in [-0.15, -0.1) is 0 Å². The smallest absolute Gasteiger partial charge is 0.256 e. The van der Waals surface area contributed by atoms with Crippen molar-refractivity contribution < 1.29 is 13.2 Å². The van der Waals surface area contributed by atoms with Gasteiger partial charge in [0.05, 0.1) is 5.56 Å². The van der Waals surface area contributed by atoms with E-state index in [1.54, 1.807) is 6.07 Å². The fraction of sp³-hybridized carbons (Fsp3) is 0.571. The quantitative estimate of drug-likeness (QED) is 0.777. The minimum Gasteiger partial charge on any atom is -0.256 e.